The first-order valence-corrected chi connectivity index (χ1v) is 9.02. The predicted octanol–water partition coefficient (Wildman–Crippen LogP) is 5.64. The third-order valence-electron chi connectivity index (χ3n) is 3.67. The Hall–Kier alpha value is -2.94. The lowest BCUT2D eigenvalue weighted by atomic mass is 10.1. The van der Waals surface area contributed by atoms with E-state index in [9.17, 15) is 10.1 Å². The molecule has 0 aliphatic carbocycles. The van der Waals surface area contributed by atoms with Gasteiger partial charge in [0.25, 0.3) is 0 Å². The van der Waals surface area contributed by atoms with Crippen molar-refractivity contribution in [3.05, 3.63) is 75.7 Å². The van der Waals surface area contributed by atoms with E-state index >= 15 is 0 Å². The van der Waals surface area contributed by atoms with Gasteiger partial charge in [0.05, 0.1) is 5.69 Å². The fourth-order valence-electron chi connectivity index (χ4n) is 2.25. The number of thiazole rings is 1. The molecule has 0 amide bonds. The zero-order chi connectivity index (χ0) is 18.5. The van der Waals surface area contributed by atoms with Crippen molar-refractivity contribution in [3.63, 3.8) is 0 Å². The second kappa shape index (κ2) is 7.96. The first-order valence-electron chi connectivity index (χ1n) is 7.76. The van der Waals surface area contributed by atoms with E-state index in [1.807, 2.05) is 29.6 Å². The summed E-state index contributed by atoms with van der Waals surface area (Å²) in [5.41, 5.74) is 3.62. The summed E-state index contributed by atoms with van der Waals surface area (Å²) >= 11 is 7.31. The van der Waals surface area contributed by atoms with Gasteiger partial charge in [-0.25, -0.2) is 4.98 Å². The summed E-state index contributed by atoms with van der Waals surface area (Å²) in [6.45, 7) is 1.52. The summed E-state index contributed by atoms with van der Waals surface area (Å²) in [6, 6.07) is 16.6. The minimum atomic E-state index is 0.0160. The molecular formula is C20H14ClN3OS. The molecule has 3 aromatic rings. The molecule has 4 nitrogen and oxygen atoms in total. The van der Waals surface area contributed by atoms with Crippen LogP contribution < -0.4 is 5.32 Å². The van der Waals surface area contributed by atoms with Crippen LogP contribution in [0.15, 0.2) is 60.1 Å². The van der Waals surface area contributed by atoms with Crippen LogP contribution in [-0.4, -0.2) is 10.8 Å². The Morgan fingerprint density at radius 3 is 2.50 bits per heavy atom. The zero-order valence-electron chi connectivity index (χ0n) is 13.9. The van der Waals surface area contributed by atoms with Gasteiger partial charge in [-0.3, -0.25) is 4.79 Å². The number of ketones is 1. The van der Waals surface area contributed by atoms with E-state index in [-0.39, 0.29) is 5.78 Å². The number of anilines is 1. The van der Waals surface area contributed by atoms with Crippen molar-refractivity contribution in [3.8, 4) is 17.3 Å². The standard InChI is InChI=1S/C20H14ClN3OS/c1-13(25)14-4-8-18(9-5-14)23-11-16(10-22)20-24-19(12-26-20)15-2-6-17(21)7-3-15/h2-9,11-12,23H,1H3/b16-11-. The van der Waals surface area contributed by atoms with Gasteiger partial charge in [-0.1, -0.05) is 23.7 Å². The highest BCUT2D eigenvalue weighted by atomic mass is 35.5. The minimum Gasteiger partial charge on any atom is -0.360 e. The van der Waals surface area contributed by atoms with E-state index in [1.54, 1.807) is 30.5 Å². The van der Waals surface area contributed by atoms with Crippen LogP contribution in [0.3, 0.4) is 0 Å². The lowest BCUT2D eigenvalue weighted by molar-refractivity contribution is 0.101. The van der Waals surface area contributed by atoms with E-state index in [0.717, 1.165) is 16.9 Å². The van der Waals surface area contributed by atoms with Crippen LogP contribution >= 0.6 is 22.9 Å². The molecule has 0 fully saturated rings. The van der Waals surface area contributed by atoms with Crippen molar-refractivity contribution < 1.29 is 4.79 Å². The second-order valence-corrected chi connectivity index (χ2v) is 6.79. The Kier molecular flexibility index (Phi) is 5.47. The molecule has 0 unspecified atom stereocenters. The zero-order valence-corrected chi connectivity index (χ0v) is 15.4. The Balaban J connectivity index is 1.78. The average molecular weight is 380 g/mol. The summed E-state index contributed by atoms with van der Waals surface area (Å²) in [4.78, 5) is 15.8. The normalized spacial score (nSPS) is 11.0. The van der Waals surface area contributed by atoms with Crippen molar-refractivity contribution in [1.82, 2.24) is 4.98 Å². The lowest BCUT2D eigenvalue weighted by Crippen LogP contribution is -1.94. The van der Waals surface area contributed by atoms with Crippen molar-refractivity contribution in [2.45, 2.75) is 6.92 Å². The average Bonchev–Trinajstić information content (AvgIpc) is 3.13. The predicted molar refractivity (Wildman–Crippen MR) is 106 cm³/mol. The summed E-state index contributed by atoms with van der Waals surface area (Å²) in [5, 5.41) is 15.7. The SMILES string of the molecule is CC(=O)c1ccc(N/C=C(/C#N)c2nc(-c3ccc(Cl)cc3)cs2)cc1. The molecule has 0 saturated carbocycles. The highest BCUT2D eigenvalue weighted by molar-refractivity contribution is 7.11. The molecule has 0 bridgehead atoms. The molecule has 128 valence electrons. The molecule has 3 rings (SSSR count). The van der Waals surface area contributed by atoms with Gasteiger partial charge >= 0.3 is 0 Å². The van der Waals surface area contributed by atoms with E-state index in [2.05, 4.69) is 16.4 Å². The number of nitriles is 1. The van der Waals surface area contributed by atoms with Crippen LogP contribution in [0.1, 0.15) is 22.3 Å². The van der Waals surface area contributed by atoms with Gasteiger partial charge in [0.15, 0.2) is 5.78 Å². The Morgan fingerprint density at radius 1 is 1.19 bits per heavy atom. The molecule has 26 heavy (non-hydrogen) atoms. The molecule has 1 aromatic heterocycles. The van der Waals surface area contributed by atoms with Crippen molar-refractivity contribution in [1.29, 1.82) is 5.26 Å². The Morgan fingerprint density at radius 2 is 1.88 bits per heavy atom. The number of allylic oxidation sites excluding steroid dienone is 1. The molecule has 0 aliphatic rings. The molecule has 0 radical (unpaired) electrons. The monoisotopic (exact) mass is 379 g/mol. The number of Topliss-reactive ketones (excluding diaryl/α,β-unsaturated/α-hetero) is 1. The number of hydrogen-bond acceptors (Lipinski definition) is 5. The van der Waals surface area contributed by atoms with Gasteiger partial charge in [0.1, 0.15) is 16.6 Å². The highest BCUT2D eigenvalue weighted by Crippen LogP contribution is 2.27. The fraction of sp³-hybridized carbons (Fsp3) is 0.0500. The van der Waals surface area contributed by atoms with E-state index in [1.165, 1.54) is 18.3 Å². The van der Waals surface area contributed by atoms with Gasteiger partial charge in [-0.2, -0.15) is 5.26 Å². The van der Waals surface area contributed by atoms with Gasteiger partial charge in [-0.05, 0) is 43.3 Å². The third-order valence-corrected chi connectivity index (χ3v) is 4.80. The third kappa shape index (κ3) is 4.17. The maximum atomic E-state index is 11.3. The van der Waals surface area contributed by atoms with Crippen LogP contribution in [0.5, 0.6) is 0 Å². The molecule has 0 spiro atoms. The van der Waals surface area contributed by atoms with Crippen molar-refractivity contribution in [2.75, 3.05) is 5.32 Å². The molecule has 1 N–H and O–H groups in total. The number of hydrogen-bond donors (Lipinski definition) is 1. The van der Waals surface area contributed by atoms with Crippen LogP contribution in [0.25, 0.3) is 16.8 Å². The summed E-state index contributed by atoms with van der Waals surface area (Å²) in [6.07, 6.45) is 1.62. The molecule has 6 heteroatoms. The lowest BCUT2D eigenvalue weighted by Gasteiger charge is -2.02. The summed E-state index contributed by atoms with van der Waals surface area (Å²) < 4.78 is 0. The molecule has 0 atom stereocenters. The molecule has 2 aromatic carbocycles. The van der Waals surface area contributed by atoms with Crippen molar-refractivity contribution >= 4 is 40.0 Å². The molecule has 1 heterocycles. The number of nitrogens with zero attached hydrogens (tertiary/aromatic N) is 2. The first kappa shape index (κ1) is 17.9. The molecule has 0 aliphatic heterocycles. The summed E-state index contributed by atoms with van der Waals surface area (Å²) in [7, 11) is 0. The number of aromatic nitrogens is 1. The smallest absolute Gasteiger partial charge is 0.159 e. The van der Waals surface area contributed by atoms with E-state index < -0.39 is 0 Å². The topological polar surface area (TPSA) is 65.8 Å². The first-order chi connectivity index (χ1) is 12.6. The van der Waals surface area contributed by atoms with Crippen molar-refractivity contribution in [2.24, 2.45) is 0 Å². The van der Waals surface area contributed by atoms with Gasteiger partial charge in [0.2, 0.25) is 0 Å². The second-order valence-electron chi connectivity index (χ2n) is 5.49. The Labute approximate surface area is 160 Å². The van der Waals surface area contributed by atoms with Crippen LogP contribution in [-0.2, 0) is 0 Å². The van der Waals surface area contributed by atoms with Crippen LogP contribution in [0.4, 0.5) is 5.69 Å². The quantitative estimate of drug-likeness (QED) is 0.460. The van der Waals surface area contributed by atoms with E-state index in [4.69, 9.17) is 11.6 Å². The van der Waals surface area contributed by atoms with Crippen LogP contribution in [0, 0.1) is 11.3 Å². The number of carbonyl (C=O) groups is 1. The Bertz CT molecular complexity index is 999. The highest BCUT2D eigenvalue weighted by Gasteiger charge is 2.09. The van der Waals surface area contributed by atoms with E-state index in [0.29, 0.717) is 21.2 Å². The number of halogens is 1. The largest absolute Gasteiger partial charge is 0.360 e. The number of carbonyl (C=O) groups excluding carboxylic acids is 1. The molecule has 0 saturated heterocycles. The number of nitrogens with one attached hydrogen (secondary N) is 1. The summed E-state index contributed by atoms with van der Waals surface area (Å²) in [5.74, 6) is 0.0160. The maximum absolute atomic E-state index is 11.3. The molecular weight excluding hydrogens is 366 g/mol. The fourth-order valence-corrected chi connectivity index (χ4v) is 3.17. The van der Waals surface area contributed by atoms with Gasteiger partial charge in [-0.15, -0.1) is 11.3 Å². The van der Waals surface area contributed by atoms with Gasteiger partial charge in [0, 0.05) is 33.4 Å². The number of rotatable bonds is 5. The minimum absolute atomic E-state index is 0.0160. The van der Waals surface area contributed by atoms with Gasteiger partial charge < -0.3 is 5.32 Å². The number of benzene rings is 2. The van der Waals surface area contributed by atoms with Crippen LogP contribution in [0.2, 0.25) is 5.02 Å². The maximum Gasteiger partial charge on any atom is 0.159 e.